The molecule has 0 aliphatic heterocycles. The third-order valence-corrected chi connectivity index (χ3v) is 3.48. The number of pyridine rings is 1. The average Bonchev–Trinajstić information content (AvgIpc) is 3.15. The lowest BCUT2D eigenvalue weighted by Crippen LogP contribution is -2.11. The number of benzene rings is 1. The Morgan fingerprint density at radius 2 is 2.04 bits per heavy atom. The molecule has 0 bridgehead atoms. The predicted octanol–water partition coefficient (Wildman–Crippen LogP) is 3.52. The van der Waals surface area contributed by atoms with Gasteiger partial charge in [0.25, 0.3) is 0 Å². The second-order valence-corrected chi connectivity index (χ2v) is 5.37. The van der Waals surface area contributed by atoms with E-state index < -0.39 is 12.6 Å². The molecule has 0 N–H and O–H groups in total. The van der Waals surface area contributed by atoms with E-state index in [9.17, 15) is 13.6 Å². The van der Waals surface area contributed by atoms with E-state index in [0.29, 0.717) is 24.6 Å². The molecule has 0 aliphatic carbocycles. The van der Waals surface area contributed by atoms with Gasteiger partial charge in [0.1, 0.15) is 11.3 Å². The van der Waals surface area contributed by atoms with E-state index in [1.54, 1.807) is 18.5 Å². The van der Waals surface area contributed by atoms with E-state index >= 15 is 0 Å². The van der Waals surface area contributed by atoms with Crippen LogP contribution < -0.4 is 4.74 Å². The number of hydrogen-bond donors (Lipinski definition) is 0. The maximum absolute atomic E-state index is 12.4. The van der Waals surface area contributed by atoms with E-state index in [0.717, 1.165) is 5.56 Å². The largest absolute Gasteiger partial charge is 0.462 e. The zero-order chi connectivity index (χ0) is 19.1. The Kier molecular flexibility index (Phi) is 6.03. The first-order chi connectivity index (χ1) is 13.1. The smallest absolute Gasteiger partial charge is 0.387 e. The van der Waals surface area contributed by atoms with Crippen LogP contribution in [0.4, 0.5) is 8.78 Å². The van der Waals surface area contributed by atoms with Crippen molar-refractivity contribution < 1.29 is 27.6 Å². The number of carbonyl (C=O) groups is 1. The van der Waals surface area contributed by atoms with Crippen LogP contribution in [-0.4, -0.2) is 34.3 Å². The Labute approximate surface area is 152 Å². The number of halogens is 2. The minimum absolute atomic E-state index is 0.0607. The van der Waals surface area contributed by atoms with Crippen LogP contribution in [-0.2, 0) is 11.2 Å². The number of nitrogens with zero attached hydrogens (tertiary/aromatic N) is 3. The monoisotopic (exact) mass is 375 g/mol. The van der Waals surface area contributed by atoms with Gasteiger partial charge in [0.15, 0.2) is 0 Å². The first-order valence-corrected chi connectivity index (χ1v) is 8.07. The van der Waals surface area contributed by atoms with Crippen molar-refractivity contribution in [3.8, 4) is 17.1 Å². The average molecular weight is 375 g/mol. The number of hydrogen-bond acceptors (Lipinski definition) is 7. The third kappa shape index (κ3) is 5.06. The van der Waals surface area contributed by atoms with Gasteiger partial charge in [-0.3, -0.25) is 4.98 Å². The Morgan fingerprint density at radius 1 is 1.19 bits per heavy atom. The highest BCUT2D eigenvalue weighted by atomic mass is 19.3. The third-order valence-electron chi connectivity index (χ3n) is 3.48. The van der Waals surface area contributed by atoms with Crippen molar-refractivity contribution in [2.45, 2.75) is 19.5 Å². The molecule has 0 spiro atoms. The Bertz CT molecular complexity index is 887. The summed E-state index contributed by atoms with van der Waals surface area (Å²) < 4.78 is 39.3. The van der Waals surface area contributed by atoms with Crippen LogP contribution in [0.25, 0.3) is 11.4 Å². The summed E-state index contributed by atoms with van der Waals surface area (Å²) in [5, 5.41) is 3.87. The van der Waals surface area contributed by atoms with Crippen LogP contribution in [0.15, 0.2) is 53.3 Å². The first kappa shape index (κ1) is 18.4. The normalized spacial score (nSPS) is 10.8. The van der Waals surface area contributed by atoms with Crippen LogP contribution >= 0.6 is 0 Å². The van der Waals surface area contributed by atoms with Gasteiger partial charge in [-0.2, -0.15) is 13.8 Å². The number of para-hydroxylation sites is 1. The number of esters is 1. The zero-order valence-electron chi connectivity index (χ0n) is 14.0. The fraction of sp³-hybridized carbons (Fsp3) is 0.222. The van der Waals surface area contributed by atoms with Gasteiger partial charge in [0, 0.05) is 24.4 Å². The van der Waals surface area contributed by atoms with Crippen LogP contribution in [0.3, 0.4) is 0 Å². The summed E-state index contributed by atoms with van der Waals surface area (Å²) in [6.07, 6.45) is 4.09. The molecule has 3 aromatic rings. The molecular formula is C18H15F2N3O4. The van der Waals surface area contributed by atoms with Crippen LogP contribution in [0, 0.1) is 0 Å². The summed E-state index contributed by atoms with van der Waals surface area (Å²) in [6, 6.07) is 9.24. The van der Waals surface area contributed by atoms with Gasteiger partial charge in [-0.05, 0) is 30.7 Å². The van der Waals surface area contributed by atoms with Gasteiger partial charge in [0.2, 0.25) is 11.7 Å². The molecule has 27 heavy (non-hydrogen) atoms. The standard InChI is InChI=1S/C18H15F2N3O4/c19-18(20)26-14-7-2-1-6-13(14)17(24)25-10-4-8-15-22-16(23-27-15)12-5-3-9-21-11-12/h1-3,5-7,9,11,18H,4,8,10H2. The van der Waals surface area contributed by atoms with E-state index in [-0.39, 0.29) is 17.9 Å². The molecule has 0 saturated heterocycles. The highest BCUT2D eigenvalue weighted by Crippen LogP contribution is 2.21. The molecule has 0 unspecified atom stereocenters. The van der Waals surface area contributed by atoms with Crippen molar-refractivity contribution in [3.05, 3.63) is 60.2 Å². The number of aromatic nitrogens is 3. The van der Waals surface area contributed by atoms with Gasteiger partial charge < -0.3 is 14.0 Å². The fourth-order valence-electron chi connectivity index (χ4n) is 2.27. The second kappa shape index (κ2) is 8.84. The highest BCUT2D eigenvalue weighted by Gasteiger charge is 2.16. The van der Waals surface area contributed by atoms with Crippen molar-refractivity contribution in [2.24, 2.45) is 0 Å². The van der Waals surface area contributed by atoms with E-state index in [1.165, 1.54) is 24.3 Å². The molecule has 9 heteroatoms. The molecule has 7 nitrogen and oxygen atoms in total. The lowest BCUT2D eigenvalue weighted by molar-refractivity contribution is -0.0504. The molecule has 2 heterocycles. The molecule has 3 rings (SSSR count). The number of rotatable bonds is 8. The number of aryl methyl sites for hydroxylation is 1. The van der Waals surface area contributed by atoms with Crippen LogP contribution in [0.5, 0.6) is 5.75 Å². The topological polar surface area (TPSA) is 87.3 Å². The van der Waals surface area contributed by atoms with E-state index in [2.05, 4.69) is 19.9 Å². The minimum Gasteiger partial charge on any atom is -0.462 e. The Morgan fingerprint density at radius 3 is 2.81 bits per heavy atom. The van der Waals surface area contributed by atoms with Gasteiger partial charge >= 0.3 is 12.6 Å². The number of ether oxygens (including phenoxy) is 2. The lowest BCUT2D eigenvalue weighted by atomic mass is 10.2. The van der Waals surface area contributed by atoms with Crippen molar-refractivity contribution in [2.75, 3.05) is 6.61 Å². The molecule has 0 radical (unpaired) electrons. The molecule has 1 aromatic carbocycles. The van der Waals surface area contributed by atoms with Crippen molar-refractivity contribution in [1.82, 2.24) is 15.1 Å². The van der Waals surface area contributed by atoms with Gasteiger partial charge in [-0.1, -0.05) is 17.3 Å². The zero-order valence-corrected chi connectivity index (χ0v) is 14.0. The molecule has 140 valence electrons. The second-order valence-electron chi connectivity index (χ2n) is 5.37. The van der Waals surface area contributed by atoms with Gasteiger partial charge in [-0.25, -0.2) is 4.79 Å². The predicted molar refractivity (Wildman–Crippen MR) is 89.2 cm³/mol. The van der Waals surface area contributed by atoms with E-state index in [4.69, 9.17) is 9.26 Å². The molecule has 0 fully saturated rings. The highest BCUT2D eigenvalue weighted by molar-refractivity contribution is 5.92. The summed E-state index contributed by atoms with van der Waals surface area (Å²) in [7, 11) is 0. The summed E-state index contributed by atoms with van der Waals surface area (Å²) in [5.74, 6) is -0.150. The van der Waals surface area contributed by atoms with Gasteiger partial charge in [0.05, 0.1) is 6.61 Å². The Hall–Kier alpha value is -3.36. The summed E-state index contributed by atoms with van der Waals surface area (Å²) in [4.78, 5) is 20.3. The van der Waals surface area contributed by atoms with Crippen LogP contribution in [0.1, 0.15) is 22.7 Å². The molecule has 0 saturated carbocycles. The van der Waals surface area contributed by atoms with Gasteiger partial charge in [-0.15, -0.1) is 0 Å². The van der Waals surface area contributed by atoms with Crippen LogP contribution in [0.2, 0.25) is 0 Å². The first-order valence-electron chi connectivity index (χ1n) is 8.07. The Balaban J connectivity index is 1.50. The quantitative estimate of drug-likeness (QED) is 0.440. The van der Waals surface area contributed by atoms with E-state index in [1.807, 2.05) is 6.07 Å². The number of carbonyl (C=O) groups excluding carboxylic acids is 1. The molecule has 2 aromatic heterocycles. The number of alkyl halides is 2. The fourth-order valence-corrected chi connectivity index (χ4v) is 2.27. The summed E-state index contributed by atoms with van der Waals surface area (Å²) >= 11 is 0. The summed E-state index contributed by atoms with van der Waals surface area (Å²) in [6.45, 7) is -2.96. The SMILES string of the molecule is O=C(OCCCc1nc(-c2cccnc2)no1)c1ccccc1OC(F)F. The molecule has 0 aliphatic rings. The van der Waals surface area contributed by atoms with Crippen molar-refractivity contribution in [3.63, 3.8) is 0 Å². The maximum Gasteiger partial charge on any atom is 0.387 e. The molecule has 0 amide bonds. The minimum atomic E-state index is -3.02. The van der Waals surface area contributed by atoms with Crippen molar-refractivity contribution >= 4 is 5.97 Å². The van der Waals surface area contributed by atoms with Crippen molar-refractivity contribution in [1.29, 1.82) is 0 Å². The maximum atomic E-state index is 12.4. The molecular weight excluding hydrogens is 360 g/mol. The summed E-state index contributed by atoms with van der Waals surface area (Å²) in [5.41, 5.74) is 0.670. The molecule has 0 atom stereocenters. The lowest BCUT2D eigenvalue weighted by Gasteiger charge is -2.10.